The highest BCUT2D eigenvalue weighted by molar-refractivity contribution is 9.10. The predicted octanol–water partition coefficient (Wildman–Crippen LogP) is 3.18. The van der Waals surface area contributed by atoms with Gasteiger partial charge in [-0.05, 0) is 61.4 Å². The van der Waals surface area contributed by atoms with Crippen molar-refractivity contribution in [1.82, 2.24) is 0 Å². The molecule has 2 amide bonds. The van der Waals surface area contributed by atoms with Crippen LogP contribution in [0.25, 0.3) is 0 Å². The molecule has 0 atom stereocenters. The van der Waals surface area contributed by atoms with Crippen molar-refractivity contribution in [3.05, 3.63) is 57.6 Å². The van der Waals surface area contributed by atoms with Gasteiger partial charge in [0, 0.05) is 15.7 Å². The summed E-state index contributed by atoms with van der Waals surface area (Å²) in [5.74, 6) is -0.117. The van der Waals surface area contributed by atoms with Crippen molar-refractivity contribution in [3.63, 3.8) is 0 Å². The van der Waals surface area contributed by atoms with E-state index in [1.165, 1.54) is 0 Å². The largest absolute Gasteiger partial charge is 0.483 e. The topological polar surface area (TPSA) is 81.4 Å². The summed E-state index contributed by atoms with van der Waals surface area (Å²) in [7, 11) is 0. The Hall–Kier alpha value is -2.34. The standard InChI is InChI=1S/C17H17BrN2O3/c1-10-8-15(11(2)7-14(10)18)23-9-16(21)20-13-5-3-12(4-6-13)17(19)22/h3-8H,9H2,1-2H3,(H2,19,22)(H,20,21). The summed E-state index contributed by atoms with van der Waals surface area (Å²) in [6.45, 7) is 3.77. The zero-order valence-corrected chi connectivity index (χ0v) is 14.4. The fourth-order valence-corrected chi connectivity index (χ4v) is 2.43. The van der Waals surface area contributed by atoms with E-state index in [0.29, 0.717) is 17.0 Å². The lowest BCUT2D eigenvalue weighted by atomic mass is 10.1. The SMILES string of the molecule is Cc1cc(OCC(=O)Nc2ccc(C(N)=O)cc2)c(C)cc1Br. The first-order valence-corrected chi connectivity index (χ1v) is 7.75. The highest BCUT2D eigenvalue weighted by Gasteiger charge is 2.08. The first kappa shape index (κ1) is 17.0. The van der Waals surface area contributed by atoms with Crippen LogP contribution < -0.4 is 15.8 Å². The van der Waals surface area contributed by atoms with E-state index >= 15 is 0 Å². The number of rotatable bonds is 5. The lowest BCUT2D eigenvalue weighted by Crippen LogP contribution is -2.20. The van der Waals surface area contributed by atoms with Crippen LogP contribution in [0.4, 0.5) is 5.69 Å². The van der Waals surface area contributed by atoms with Crippen LogP contribution in [0.15, 0.2) is 40.9 Å². The number of anilines is 1. The normalized spacial score (nSPS) is 10.2. The minimum absolute atomic E-state index is 0.0977. The minimum atomic E-state index is -0.507. The lowest BCUT2D eigenvalue weighted by Gasteiger charge is -2.11. The Balaban J connectivity index is 1.95. The molecule has 0 aliphatic rings. The Morgan fingerprint density at radius 3 is 2.39 bits per heavy atom. The van der Waals surface area contributed by atoms with E-state index in [1.54, 1.807) is 24.3 Å². The maximum atomic E-state index is 11.9. The molecule has 2 aromatic carbocycles. The molecule has 5 nitrogen and oxygen atoms in total. The summed E-state index contributed by atoms with van der Waals surface area (Å²) in [5, 5.41) is 2.70. The molecule has 0 spiro atoms. The maximum absolute atomic E-state index is 11.9. The Bertz CT molecular complexity index is 742. The second-order valence-corrected chi connectivity index (χ2v) is 6.00. The van der Waals surface area contributed by atoms with E-state index in [2.05, 4.69) is 21.2 Å². The average Bonchev–Trinajstić information content (AvgIpc) is 2.50. The van der Waals surface area contributed by atoms with Crippen molar-refractivity contribution in [2.75, 3.05) is 11.9 Å². The summed E-state index contributed by atoms with van der Waals surface area (Å²) in [5.41, 5.74) is 8.11. The van der Waals surface area contributed by atoms with Crippen LogP contribution in [-0.4, -0.2) is 18.4 Å². The van der Waals surface area contributed by atoms with Crippen LogP contribution in [0, 0.1) is 13.8 Å². The van der Waals surface area contributed by atoms with Crippen molar-refractivity contribution in [1.29, 1.82) is 0 Å². The number of nitrogens with two attached hydrogens (primary N) is 1. The van der Waals surface area contributed by atoms with Crippen molar-refractivity contribution in [2.24, 2.45) is 5.73 Å². The number of amides is 2. The molecule has 0 saturated heterocycles. The molecular formula is C17H17BrN2O3. The number of hydrogen-bond donors (Lipinski definition) is 2. The highest BCUT2D eigenvalue weighted by atomic mass is 79.9. The molecule has 0 radical (unpaired) electrons. The molecule has 23 heavy (non-hydrogen) atoms. The Morgan fingerprint density at radius 2 is 1.78 bits per heavy atom. The number of aryl methyl sites for hydroxylation is 2. The number of benzene rings is 2. The van der Waals surface area contributed by atoms with Gasteiger partial charge in [-0.15, -0.1) is 0 Å². The molecule has 0 heterocycles. The van der Waals surface area contributed by atoms with E-state index in [4.69, 9.17) is 10.5 Å². The second-order valence-electron chi connectivity index (χ2n) is 5.15. The Labute approximate surface area is 143 Å². The van der Waals surface area contributed by atoms with Gasteiger partial charge < -0.3 is 15.8 Å². The first-order valence-electron chi connectivity index (χ1n) is 6.96. The molecule has 0 aliphatic heterocycles. The van der Waals surface area contributed by atoms with E-state index in [1.807, 2.05) is 26.0 Å². The van der Waals surface area contributed by atoms with Gasteiger partial charge in [0.1, 0.15) is 5.75 Å². The number of ether oxygens (including phenoxy) is 1. The summed E-state index contributed by atoms with van der Waals surface area (Å²) < 4.78 is 6.56. The fraction of sp³-hybridized carbons (Fsp3) is 0.176. The minimum Gasteiger partial charge on any atom is -0.483 e. The molecule has 0 fully saturated rings. The number of carbonyl (C=O) groups excluding carboxylic acids is 2. The lowest BCUT2D eigenvalue weighted by molar-refractivity contribution is -0.118. The van der Waals surface area contributed by atoms with Gasteiger partial charge in [-0.2, -0.15) is 0 Å². The fourth-order valence-electron chi connectivity index (χ4n) is 1.97. The zero-order chi connectivity index (χ0) is 17.0. The molecule has 2 aromatic rings. The third-order valence-corrected chi connectivity index (χ3v) is 4.12. The van der Waals surface area contributed by atoms with Crippen LogP contribution >= 0.6 is 15.9 Å². The van der Waals surface area contributed by atoms with Crippen molar-refractivity contribution < 1.29 is 14.3 Å². The predicted molar refractivity (Wildman–Crippen MR) is 92.7 cm³/mol. The molecule has 6 heteroatoms. The molecule has 0 aliphatic carbocycles. The molecule has 120 valence electrons. The van der Waals surface area contributed by atoms with Gasteiger partial charge in [0.05, 0.1) is 0 Å². The average molecular weight is 377 g/mol. The van der Waals surface area contributed by atoms with Gasteiger partial charge in [-0.25, -0.2) is 0 Å². The van der Waals surface area contributed by atoms with Crippen molar-refractivity contribution in [3.8, 4) is 5.75 Å². The van der Waals surface area contributed by atoms with Crippen molar-refractivity contribution >= 4 is 33.4 Å². The van der Waals surface area contributed by atoms with Gasteiger partial charge >= 0.3 is 0 Å². The summed E-state index contributed by atoms with van der Waals surface area (Å²) >= 11 is 3.45. The van der Waals surface area contributed by atoms with E-state index in [9.17, 15) is 9.59 Å². The number of carbonyl (C=O) groups is 2. The van der Waals surface area contributed by atoms with Crippen LogP contribution in [0.1, 0.15) is 21.5 Å². The monoisotopic (exact) mass is 376 g/mol. The molecule has 0 bridgehead atoms. The van der Waals surface area contributed by atoms with Gasteiger partial charge in [-0.1, -0.05) is 15.9 Å². The molecule has 0 saturated carbocycles. The summed E-state index contributed by atoms with van der Waals surface area (Å²) in [4.78, 5) is 22.9. The maximum Gasteiger partial charge on any atom is 0.262 e. The summed E-state index contributed by atoms with van der Waals surface area (Å²) in [6.07, 6.45) is 0. The van der Waals surface area contributed by atoms with Crippen LogP contribution in [0.3, 0.4) is 0 Å². The van der Waals surface area contributed by atoms with Crippen molar-refractivity contribution in [2.45, 2.75) is 13.8 Å². The molecule has 0 aromatic heterocycles. The van der Waals surface area contributed by atoms with Crippen LogP contribution in [-0.2, 0) is 4.79 Å². The second kappa shape index (κ2) is 7.28. The quantitative estimate of drug-likeness (QED) is 0.840. The van der Waals surface area contributed by atoms with Gasteiger partial charge in [0.25, 0.3) is 5.91 Å². The van der Waals surface area contributed by atoms with E-state index in [0.717, 1.165) is 15.6 Å². The smallest absolute Gasteiger partial charge is 0.262 e. The van der Waals surface area contributed by atoms with Crippen LogP contribution in [0.2, 0.25) is 0 Å². The number of hydrogen-bond acceptors (Lipinski definition) is 3. The Kier molecular flexibility index (Phi) is 5.39. The molecule has 3 N–H and O–H groups in total. The third-order valence-electron chi connectivity index (χ3n) is 3.27. The Morgan fingerprint density at radius 1 is 1.13 bits per heavy atom. The summed E-state index contributed by atoms with van der Waals surface area (Å²) in [6, 6.07) is 10.2. The highest BCUT2D eigenvalue weighted by Crippen LogP contribution is 2.26. The molecule has 2 rings (SSSR count). The van der Waals surface area contributed by atoms with Gasteiger partial charge in [0.2, 0.25) is 5.91 Å². The first-order chi connectivity index (χ1) is 10.9. The number of nitrogens with one attached hydrogen (secondary N) is 1. The number of halogens is 1. The van der Waals surface area contributed by atoms with Gasteiger partial charge in [0.15, 0.2) is 6.61 Å². The van der Waals surface area contributed by atoms with E-state index in [-0.39, 0.29) is 12.5 Å². The molecule has 0 unspecified atom stereocenters. The van der Waals surface area contributed by atoms with Gasteiger partial charge in [-0.3, -0.25) is 9.59 Å². The third kappa shape index (κ3) is 4.56. The number of primary amides is 1. The van der Waals surface area contributed by atoms with Crippen LogP contribution in [0.5, 0.6) is 5.75 Å². The molecular weight excluding hydrogens is 360 g/mol. The van der Waals surface area contributed by atoms with E-state index < -0.39 is 5.91 Å². The zero-order valence-electron chi connectivity index (χ0n) is 12.9.